The van der Waals surface area contributed by atoms with Gasteiger partial charge in [-0.1, -0.05) is 6.92 Å². The van der Waals surface area contributed by atoms with Gasteiger partial charge in [-0.25, -0.2) is 0 Å². The second kappa shape index (κ2) is 5.86. The molecule has 0 heterocycles. The zero-order valence-electron chi connectivity index (χ0n) is 8.43. The molecule has 0 aliphatic heterocycles. The molecule has 0 aliphatic rings. The van der Waals surface area contributed by atoms with Crippen LogP contribution in [0.2, 0.25) is 0 Å². The molecule has 2 nitrogen and oxygen atoms in total. The summed E-state index contributed by atoms with van der Waals surface area (Å²) in [6.07, 6.45) is -3.39. The Morgan fingerprint density at radius 3 is 2.36 bits per heavy atom. The number of nitriles is 1. The molecule has 0 rings (SSSR count). The molecule has 0 fully saturated rings. The third-order valence-electron chi connectivity index (χ3n) is 1.90. The van der Waals surface area contributed by atoms with Gasteiger partial charge in [-0.15, -0.1) is 0 Å². The van der Waals surface area contributed by atoms with E-state index in [1.807, 2.05) is 13.0 Å². The van der Waals surface area contributed by atoms with E-state index in [1.54, 1.807) is 6.92 Å². The molecule has 0 aromatic carbocycles. The fourth-order valence-corrected chi connectivity index (χ4v) is 1.23. The van der Waals surface area contributed by atoms with Crippen LogP contribution in [-0.4, -0.2) is 30.2 Å². The largest absolute Gasteiger partial charge is 0.401 e. The number of nitrogens with zero attached hydrogens (tertiary/aromatic N) is 2. The van der Waals surface area contributed by atoms with Gasteiger partial charge >= 0.3 is 6.18 Å². The van der Waals surface area contributed by atoms with Crippen LogP contribution in [-0.2, 0) is 0 Å². The summed E-state index contributed by atoms with van der Waals surface area (Å²) in [5, 5.41) is 8.39. The van der Waals surface area contributed by atoms with Gasteiger partial charge in [-0.2, -0.15) is 18.4 Å². The molecule has 0 amide bonds. The predicted molar refractivity (Wildman–Crippen MR) is 47.6 cm³/mol. The molecule has 0 spiro atoms. The van der Waals surface area contributed by atoms with Crippen molar-refractivity contribution < 1.29 is 13.2 Å². The molecule has 0 bridgehead atoms. The van der Waals surface area contributed by atoms with E-state index in [2.05, 4.69) is 0 Å². The molecular formula is C9H15F3N2. The highest BCUT2D eigenvalue weighted by atomic mass is 19.4. The van der Waals surface area contributed by atoms with Gasteiger partial charge < -0.3 is 0 Å². The second-order valence-corrected chi connectivity index (χ2v) is 3.30. The summed E-state index contributed by atoms with van der Waals surface area (Å²) in [5.74, 6) is 0. The normalized spacial score (nSPS) is 14.1. The van der Waals surface area contributed by atoms with Crippen molar-refractivity contribution in [3.63, 3.8) is 0 Å². The zero-order valence-corrected chi connectivity index (χ0v) is 8.43. The maximum absolute atomic E-state index is 12.1. The van der Waals surface area contributed by atoms with E-state index >= 15 is 0 Å². The summed E-state index contributed by atoms with van der Waals surface area (Å²) in [5.41, 5.74) is 0. The summed E-state index contributed by atoms with van der Waals surface area (Å²) in [4.78, 5) is 1.29. The second-order valence-electron chi connectivity index (χ2n) is 3.30. The number of hydrogen-bond acceptors (Lipinski definition) is 2. The molecule has 82 valence electrons. The van der Waals surface area contributed by atoms with Crippen LogP contribution >= 0.6 is 0 Å². The highest BCUT2D eigenvalue weighted by Gasteiger charge is 2.32. The van der Waals surface area contributed by atoms with Crippen LogP contribution < -0.4 is 0 Å². The average Bonchev–Trinajstić information content (AvgIpc) is 2.01. The Balaban J connectivity index is 4.22. The summed E-state index contributed by atoms with van der Waals surface area (Å²) in [6.45, 7) is 2.92. The van der Waals surface area contributed by atoms with E-state index in [0.717, 1.165) is 0 Å². The molecule has 1 unspecified atom stereocenters. The van der Waals surface area contributed by atoms with Crippen molar-refractivity contribution in [1.82, 2.24) is 4.90 Å². The molecule has 14 heavy (non-hydrogen) atoms. The molecule has 0 saturated heterocycles. The number of rotatable bonds is 5. The van der Waals surface area contributed by atoms with Gasteiger partial charge in [0.1, 0.15) is 0 Å². The first-order valence-electron chi connectivity index (χ1n) is 4.58. The van der Waals surface area contributed by atoms with Crippen LogP contribution in [0.5, 0.6) is 0 Å². The average molecular weight is 208 g/mol. The van der Waals surface area contributed by atoms with Crippen molar-refractivity contribution in [3.05, 3.63) is 0 Å². The fourth-order valence-electron chi connectivity index (χ4n) is 1.23. The molecule has 0 radical (unpaired) electrons. The van der Waals surface area contributed by atoms with E-state index < -0.39 is 12.7 Å². The molecule has 0 aliphatic carbocycles. The van der Waals surface area contributed by atoms with Crippen molar-refractivity contribution in [2.24, 2.45) is 0 Å². The van der Waals surface area contributed by atoms with Crippen molar-refractivity contribution >= 4 is 0 Å². The van der Waals surface area contributed by atoms with Crippen LogP contribution in [0.4, 0.5) is 13.2 Å². The van der Waals surface area contributed by atoms with Gasteiger partial charge in [0, 0.05) is 6.04 Å². The number of alkyl halides is 3. The lowest BCUT2D eigenvalue weighted by atomic mass is 10.2. The molecule has 5 heteroatoms. The Morgan fingerprint density at radius 1 is 1.43 bits per heavy atom. The third kappa shape index (κ3) is 5.81. The number of halogens is 3. The maximum atomic E-state index is 12.1. The van der Waals surface area contributed by atoms with E-state index in [-0.39, 0.29) is 12.5 Å². The van der Waals surface area contributed by atoms with Gasteiger partial charge in [0.25, 0.3) is 0 Å². The highest BCUT2D eigenvalue weighted by Crippen LogP contribution is 2.18. The van der Waals surface area contributed by atoms with Gasteiger partial charge in [-0.3, -0.25) is 4.90 Å². The first kappa shape index (κ1) is 13.2. The smallest absolute Gasteiger partial charge is 0.291 e. The minimum atomic E-state index is -4.18. The lowest BCUT2D eigenvalue weighted by molar-refractivity contribution is -0.150. The topological polar surface area (TPSA) is 27.0 Å². The van der Waals surface area contributed by atoms with Crippen molar-refractivity contribution in [3.8, 4) is 6.07 Å². The Labute approximate surface area is 82.3 Å². The van der Waals surface area contributed by atoms with Gasteiger partial charge in [-0.05, 0) is 19.9 Å². The zero-order chi connectivity index (χ0) is 11.2. The van der Waals surface area contributed by atoms with Crippen LogP contribution in [0.3, 0.4) is 0 Å². The summed E-state index contributed by atoms with van der Waals surface area (Å²) in [7, 11) is 0. The van der Waals surface area contributed by atoms with Crippen molar-refractivity contribution in [1.29, 1.82) is 5.26 Å². The van der Waals surface area contributed by atoms with Crippen LogP contribution in [0, 0.1) is 11.3 Å². The summed E-state index contributed by atoms with van der Waals surface area (Å²) in [6, 6.07) is 1.55. The number of hydrogen-bond donors (Lipinski definition) is 0. The van der Waals surface area contributed by atoms with E-state index in [9.17, 15) is 13.2 Å². The minimum Gasteiger partial charge on any atom is -0.291 e. The SMILES string of the molecule is CCCN(CC(F)(F)F)C(C)CC#N. The van der Waals surface area contributed by atoms with Crippen molar-refractivity contribution in [2.45, 2.75) is 38.9 Å². The van der Waals surface area contributed by atoms with Crippen molar-refractivity contribution in [2.75, 3.05) is 13.1 Å². The van der Waals surface area contributed by atoms with Gasteiger partial charge in [0.2, 0.25) is 0 Å². The summed E-state index contributed by atoms with van der Waals surface area (Å²) >= 11 is 0. The molecule has 1 atom stereocenters. The Bertz CT molecular complexity index is 195. The van der Waals surface area contributed by atoms with Crippen LogP contribution in [0.1, 0.15) is 26.7 Å². The maximum Gasteiger partial charge on any atom is 0.401 e. The monoisotopic (exact) mass is 208 g/mol. The Morgan fingerprint density at radius 2 is 2.00 bits per heavy atom. The summed E-state index contributed by atoms with van der Waals surface area (Å²) < 4.78 is 36.3. The molecular weight excluding hydrogens is 193 g/mol. The van der Waals surface area contributed by atoms with E-state index in [4.69, 9.17) is 5.26 Å². The molecule has 0 aromatic rings. The highest BCUT2D eigenvalue weighted by molar-refractivity contribution is 4.80. The Kier molecular flexibility index (Phi) is 5.55. The first-order chi connectivity index (χ1) is 6.40. The lowest BCUT2D eigenvalue weighted by Crippen LogP contribution is -2.40. The van der Waals surface area contributed by atoms with E-state index in [1.165, 1.54) is 4.90 Å². The van der Waals surface area contributed by atoms with Gasteiger partial charge in [0.15, 0.2) is 0 Å². The minimum absolute atomic E-state index is 0.135. The molecule has 0 saturated carbocycles. The van der Waals surface area contributed by atoms with Crippen LogP contribution in [0.15, 0.2) is 0 Å². The quantitative estimate of drug-likeness (QED) is 0.694. The van der Waals surface area contributed by atoms with E-state index in [0.29, 0.717) is 13.0 Å². The fraction of sp³-hybridized carbons (Fsp3) is 0.889. The Hall–Kier alpha value is -0.760. The molecule has 0 aromatic heterocycles. The molecule has 0 N–H and O–H groups in total. The first-order valence-corrected chi connectivity index (χ1v) is 4.58. The predicted octanol–water partition coefficient (Wildman–Crippen LogP) is 2.56. The van der Waals surface area contributed by atoms with Crippen LogP contribution in [0.25, 0.3) is 0 Å². The lowest BCUT2D eigenvalue weighted by Gasteiger charge is -2.27. The van der Waals surface area contributed by atoms with Gasteiger partial charge in [0.05, 0.1) is 19.0 Å². The third-order valence-corrected chi connectivity index (χ3v) is 1.90. The standard InChI is InChI=1S/C9H15F3N2/c1-3-6-14(7-9(10,11)12)8(2)4-5-13/h8H,3-4,6-7H2,1-2H3.